The zero-order valence-electron chi connectivity index (χ0n) is 13.5. The van der Waals surface area contributed by atoms with Crippen molar-refractivity contribution < 1.29 is 13.9 Å². The minimum atomic E-state index is -0.486. The van der Waals surface area contributed by atoms with E-state index in [0.717, 1.165) is 5.01 Å². The number of methoxy groups -OCH3 is 1. The van der Waals surface area contributed by atoms with Crippen LogP contribution in [0.3, 0.4) is 0 Å². The van der Waals surface area contributed by atoms with E-state index >= 15 is 0 Å². The predicted octanol–water partition coefficient (Wildman–Crippen LogP) is 4.23. The third-order valence-electron chi connectivity index (χ3n) is 3.63. The molecule has 4 aromatic rings. The number of fused-ring (bicyclic) bond motifs is 1. The van der Waals surface area contributed by atoms with Crippen molar-refractivity contribution in [3.05, 3.63) is 58.3 Å². The van der Waals surface area contributed by atoms with Gasteiger partial charge < -0.3 is 9.47 Å². The van der Waals surface area contributed by atoms with Gasteiger partial charge in [0.25, 0.3) is 0 Å². The van der Waals surface area contributed by atoms with E-state index in [1.807, 2.05) is 24.3 Å². The molecule has 0 radical (unpaired) electrons. The van der Waals surface area contributed by atoms with Crippen LogP contribution in [0.2, 0.25) is 5.02 Å². The van der Waals surface area contributed by atoms with Crippen molar-refractivity contribution in [3.8, 4) is 22.9 Å². The summed E-state index contributed by atoms with van der Waals surface area (Å²) in [6.45, 7) is 0.262. The van der Waals surface area contributed by atoms with Crippen LogP contribution in [0.25, 0.3) is 16.3 Å². The van der Waals surface area contributed by atoms with Gasteiger partial charge in [-0.3, -0.25) is 0 Å². The summed E-state index contributed by atoms with van der Waals surface area (Å²) in [5.41, 5.74) is 0.631. The molecular weight excluding hydrogens is 379 g/mol. The Morgan fingerprint density at radius 2 is 1.96 bits per heavy atom. The van der Waals surface area contributed by atoms with Gasteiger partial charge in [0, 0.05) is 5.56 Å². The van der Waals surface area contributed by atoms with Crippen molar-refractivity contribution >= 4 is 27.9 Å². The lowest BCUT2D eigenvalue weighted by atomic mass is 10.2. The van der Waals surface area contributed by atoms with E-state index in [2.05, 4.69) is 15.3 Å². The second-order valence-corrected chi connectivity index (χ2v) is 6.73. The van der Waals surface area contributed by atoms with Gasteiger partial charge in [0.05, 0.1) is 12.1 Å². The Hall–Kier alpha value is -2.71. The predicted molar refractivity (Wildman–Crippen MR) is 96.4 cm³/mol. The lowest BCUT2D eigenvalue weighted by Crippen LogP contribution is -1.99. The maximum absolute atomic E-state index is 13.4. The van der Waals surface area contributed by atoms with E-state index in [1.54, 1.807) is 17.7 Å². The number of para-hydroxylation sites is 2. The van der Waals surface area contributed by atoms with Crippen molar-refractivity contribution in [1.29, 1.82) is 0 Å². The first-order chi connectivity index (χ1) is 12.7. The van der Waals surface area contributed by atoms with E-state index < -0.39 is 5.82 Å². The Balaban J connectivity index is 1.60. The van der Waals surface area contributed by atoms with E-state index in [4.69, 9.17) is 21.1 Å². The molecule has 0 saturated heterocycles. The molecule has 0 spiro atoms. The van der Waals surface area contributed by atoms with Crippen LogP contribution in [-0.2, 0) is 6.61 Å². The molecule has 26 heavy (non-hydrogen) atoms. The number of nitrogens with zero attached hydrogens (tertiary/aromatic N) is 4. The lowest BCUT2D eigenvalue weighted by Gasteiger charge is -2.08. The summed E-state index contributed by atoms with van der Waals surface area (Å²) < 4.78 is 26.0. The van der Waals surface area contributed by atoms with E-state index in [1.165, 1.54) is 23.5 Å². The molecule has 0 aliphatic heterocycles. The molecular formula is C17H12ClFN4O2S. The van der Waals surface area contributed by atoms with E-state index in [-0.39, 0.29) is 11.6 Å². The molecule has 0 N–H and O–H groups in total. The van der Waals surface area contributed by atoms with Gasteiger partial charge in [0.1, 0.15) is 12.4 Å². The maximum atomic E-state index is 13.4. The standard InChI is InChI=1S/C17H12ClFN4O2S/c1-24-13-4-2-3-5-14(13)25-9-15-22-23-16(20-21-17(23)26-15)10-6-7-12(19)11(18)8-10/h2-8H,9H2,1H3. The molecule has 0 atom stereocenters. The van der Waals surface area contributed by atoms with Crippen molar-refractivity contribution in [1.82, 2.24) is 19.8 Å². The molecule has 9 heteroatoms. The van der Waals surface area contributed by atoms with Crippen LogP contribution in [0.1, 0.15) is 5.01 Å². The summed E-state index contributed by atoms with van der Waals surface area (Å²) in [5, 5.41) is 13.4. The summed E-state index contributed by atoms with van der Waals surface area (Å²) in [6.07, 6.45) is 0. The zero-order valence-corrected chi connectivity index (χ0v) is 15.1. The maximum Gasteiger partial charge on any atom is 0.235 e. The minimum Gasteiger partial charge on any atom is -0.493 e. The Morgan fingerprint density at radius 1 is 1.15 bits per heavy atom. The molecule has 0 fully saturated rings. The van der Waals surface area contributed by atoms with E-state index in [9.17, 15) is 4.39 Å². The first kappa shape index (κ1) is 16.7. The summed E-state index contributed by atoms with van der Waals surface area (Å²) in [5.74, 6) is 1.28. The van der Waals surface area contributed by atoms with Crippen molar-refractivity contribution in [2.24, 2.45) is 0 Å². The minimum absolute atomic E-state index is 0.0224. The molecule has 0 unspecified atom stereocenters. The molecule has 4 rings (SSSR count). The van der Waals surface area contributed by atoms with Gasteiger partial charge in [0.2, 0.25) is 4.96 Å². The molecule has 2 aromatic heterocycles. The molecule has 2 heterocycles. The molecule has 0 saturated carbocycles. The Kier molecular flexibility index (Phi) is 4.44. The Bertz CT molecular complexity index is 1080. The SMILES string of the molecule is COc1ccccc1OCc1nn2c(-c3ccc(F)c(Cl)c3)nnc2s1. The van der Waals surface area contributed by atoms with Gasteiger partial charge in [-0.15, -0.1) is 10.2 Å². The fourth-order valence-corrected chi connectivity index (χ4v) is 3.33. The number of halogens is 2. The van der Waals surface area contributed by atoms with Crippen LogP contribution in [0.5, 0.6) is 11.5 Å². The van der Waals surface area contributed by atoms with E-state index in [0.29, 0.717) is 27.8 Å². The zero-order chi connectivity index (χ0) is 18.1. The van der Waals surface area contributed by atoms with Crippen LogP contribution < -0.4 is 9.47 Å². The van der Waals surface area contributed by atoms with Crippen LogP contribution in [0, 0.1) is 5.82 Å². The van der Waals surface area contributed by atoms with Gasteiger partial charge in [0.15, 0.2) is 22.3 Å². The highest BCUT2D eigenvalue weighted by atomic mass is 35.5. The number of ether oxygens (including phenoxy) is 2. The lowest BCUT2D eigenvalue weighted by molar-refractivity contribution is 0.283. The average molecular weight is 391 g/mol. The average Bonchev–Trinajstić information content (AvgIpc) is 3.23. The van der Waals surface area contributed by atoms with Gasteiger partial charge in [-0.05, 0) is 30.3 Å². The highest BCUT2D eigenvalue weighted by Gasteiger charge is 2.15. The number of benzene rings is 2. The molecule has 6 nitrogen and oxygen atoms in total. The van der Waals surface area contributed by atoms with Crippen LogP contribution in [-0.4, -0.2) is 26.9 Å². The van der Waals surface area contributed by atoms with Gasteiger partial charge in [-0.2, -0.15) is 9.61 Å². The van der Waals surface area contributed by atoms with Crippen molar-refractivity contribution in [2.75, 3.05) is 7.11 Å². The van der Waals surface area contributed by atoms with Crippen molar-refractivity contribution in [3.63, 3.8) is 0 Å². The third-order valence-corrected chi connectivity index (χ3v) is 4.79. The van der Waals surface area contributed by atoms with Gasteiger partial charge in [-0.25, -0.2) is 4.39 Å². The first-order valence-electron chi connectivity index (χ1n) is 7.58. The summed E-state index contributed by atoms with van der Waals surface area (Å²) in [4.78, 5) is 0.610. The fourth-order valence-electron chi connectivity index (χ4n) is 2.41. The summed E-state index contributed by atoms with van der Waals surface area (Å²) in [6, 6.07) is 11.8. The molecule has 0 aliphatic carbocycles. The third kappa shape index (κ3) is 3.09. The Labute approximate surface area is 156 Å². The highest BCUT2D eigenvalue weighted by molar-refractivity contribution is 7.16. The smallest absolute Gasteiger partial charge is 0.235 e. The van der Waals surface area contributed by atoms with Crippen LogP contribution >= 0.6 is 22.9 Å². The Morgan fingerprint density at radius 3 is 2.73 bits per heavy atom. The normalized spacial score (nSPS) is 11.0. The van der Waals surface area contributed by atoms with Crippen molar-refractivity contribution in [2.45, 2.75) is 6.61 Å². The molecule has 132 valence electrons. The second kappa shape index (κ2) is 6.89. The largest absolute Gasteiger partial charge is 0.493 e. The number of aromatic nitrogens is 4. The molecule has 2 aromatic carbocycles. The highest BCUT2D eigenvalue weighted by Crippen LogP contribution is 2.28. The summed E-state index contributed by atoms with van der Waals surface area (Å²) in [7, 11) is 1.59. The molecule has 0 bridgehead atoms. The summed E-state index contributed by atoms with van der Waals surface area (Å²) >= 11 is 7.21. The first-order valence-corrected chi connectivity index (χ1v) is 8.77. The van der Waals surface area contributed by atoms with Gasteiger partial charge >= 0.3 is 0 Å². The number of hydrogen-bond donors (Lipinski definition) is 0. The topological polar surface area (TPSA) is 61.5 Å². The quantitative estimate of drug-likeness (QED) is 0.510. The molecule has 0 aliphatic rings. The fraction of sp³-hybridized carbons (Fsp3) is 0.118. The number of rotatable bonds is 5. The monoisotopic (exact) mass is 390 g/mol. The van der Waals surface area contributed by atoms with Gasteiger partial charge in [-0.1, -0.05) is 35.1 Å². The molecule has 0 amide bonds. The second-order valence-electron chi connectivity index (χ2n) is 5.28. The van der Waals surface area contributed by atoms with Crippen LogP contribution in [0.4, 0.5) is 4.39 Å². The number of hydrogen-bond acceptors (Lipinski definition) is 6. The van der Waals surface area contributed by atoms with Crippen LogP contribution in [0.15, 0.2) is 42.5 Å².